The summed E-state index contributed by atoms with van der Waals surface area (Å²) in [5.41, 5.74) is 1.04. The summed E-state index contributed by atoms with van der Waals surface area (Å²) in [6.07, 6.45) is 0.961. The third-order valence-corrected chi connectivity index (χ3v) is 6.64. The van der Waals surface area contributed by atoms with Gasteiger partial charge in [-0.2, -0.15) is 0 Å². The summed E-state index contributed by atoms with van der Waals surface area (Å²) in [7, 11) is -7.81. The number of sulfone groups is 1. The van der Waals surface area contributed by atoms with Gasteiger partial charge in [-0.3, -0.25) is 9.52 Å². The normalized spacial score (nSPS) is 11.8. The minimum absolute atomic E-state index is 0.0782. The topological polar surface area (TPSA) is 101 Å². The fraction of sp³-hybridized carbons (Fsp3) is 0.278. The number of amides is 1. The summed E-state index contributed by atoms with van der Waals surface area (Å²) < 4.78 is 51.7. The molecule has 2 aromatic rings. The van der Waals surface area contributed by atoms with Crippen molar-refractivity contribution in [1.82, 2.24) is 4.90 Å². The van der Waals surface area contributed by atoms with Gasteiger partial charge in [-0.15, -0.1) is 0 Å². The van der Waals surface area contributed by atoms with Crippen LogP contribution in [-0.4, -0.2) is 40.4 Å². The van der Waals surface area contributed by atoms with Gasteiger partial charge in [0.1, 0.15) is 4.90 Å². The van der Waals surface area contributed by atoms with Gasteiger partial charge in [-0.1, -0.05) is 24.3 Å². The van der Waals surface area contributed by atoms with Crippen molar-refractivity contribution in [2.24, 2.45) is 0 Å². The van der Waals surface area contributed by atoms with Crippen molar-refractivity contribution in [3.63, 3.8) is 0 Å². The van der Waals surface area contributed by atoms with E-state index in [9.17, 15) is 21.6 Å². The molecule has 0 spiro atoms. The molecule has 0 bridgehead atoms. The molecular weight excluding hydrogens is 388 g/mol. The molecule has 0 radical (unpaired) electrons. The molecule has 0 saturated carbocycles. The molecule has 146 valence electrons. The van der Waals surface area contributed by atoms with Crippen LogP contribution in [0.2, 0.25) is 0 Å². The molecule has 1 N–H and O–H groups in total. The van der Waals surface area contributed by atoms with Crippen LogP contribution < -0.4 is 4.72 Å². The first-order valence-corrected chi connectivity index (χ1v) is 11.6. The summed E-state index contributed by atoms with van der Waals surface area (Å²) in [5.74, 6) is -0.0782. The second-order valence-electron chi connectivity index (χ2n) is 6.06. The van der Waals surface area contributed by atoms with E-state index in [1.807, 2.05) is 6.92 Å². The first-order valence-electron chi connectivity index (χ1n) is 8.21. The smallest absolute Gasteiger partial charge is 0.263 e. The lowest BCUT2D eigenvalue weighted by molar-refractivity contribution is -0.129. The van der Waals surface area contributed by atoms with Crippen LogP contribution in [0, 0.1) is 0 Å². The number of hydrogen-bond donors (Lipinski definition) is 1. The fourth-order valence-corrected chi connectivity index (χ4v) is 5.27. The fourth-order valence-electron chi connectivity index (χ4n) is 2.59. The van der Waals surface area contributed by atoms with Crippen LogP contribution in [0.5, 0.6) is 0 Å². The maximum atomic E-state index is 12.7. The molecule has 0 saturated heterocycles. The second kappa shape index (κ2) is 8.10. The van der Waals surface area contributed by atoms with Crippen LogP contribution in [0.4, 0.5) is 5.69 Å². The third kappa shape index (κ3) is 5.30. The summed E-state index contributed by atoms with van der Waals surface area (Å²) in [4.78, 5) is 12.6. The van der Waals surface area contributed by atoms with Crippen LogP contribution in [0.25, 0.3) is 0 Å². The number of rotatable bonds is 7. The van der Waals surface area contributed by atoms with Gasteiger partial charge >= 0.3 is 0 Å². The Morgan fingerprint density at radius 3 is 2.19 bits per heavy atom. The molecule has 2 rings (SSSR count). The average Bonchev–Trinajstić information content (AvgIpc) is 2.58. The van der Waals surface area contributed by atoms with Gasteiger partial charge in [0.25, 0.3) is 10.0 Å². The maximum Gasteiger partial charge on any atom is 0.263 e. The van der Waals surface area contributed by atoms with E-state index in [2.05, 4.69) is 4.72 Å². The largest absolute Gasteiger partial charge is 0.339 e. The zero-order valence-electron chi connectivity index (χ0n) is 15.3. The minimum atomic E-state index is -4.10. The lowest BCUT2D eigenvalue weighted by Gasteiger charge is -2.19. The molecule has 27 heavy (non-hydrogen) atoms. The summed E-state index contributed by atoms with van der Waals surface area (Å²) in [6, 6.07) is 12.1. The van der Waals surface area contributed by atoms with E-state index in [-0.39, 0.29) is 21.4 Å². The molecule has 0 unspecified atom stereocenters. The second-order valence-corrected chi connectivity index (χ2v) is 9.69. The number of carbonyl (C=O) groups is 1. The van der Waals surface area contributed by atoms with Gasteiger partial charge in [0, 0.05) is 32.0 Å². The van der Waals surface area contributed by atoms with E-state index < -0.39 is 19.9 Å². The van der Waals surface area contributed by atoms with Crippen LogP contribution in [0.1, 0.15) is 19.4 Å². The number of carbonyl (C=O) groups excluding carboxylic acids is 1. The summed E-state index contributed by atoms with van der Waals surface area (Å²) in [6.45, 7) is 4.21. The number of nitrogens with one attached hydrogen (secondary N) is 1. The van der Waals surface area contributed by atoms with Gasteiger partial charge in [-0.05, 0) is 36.8 Å². The van der Waals surface area contributed by atoms with Crippen molar-refractivity contribution in [3.8, 4) is 0 Å². The number of hydrogen-bond acceptors (Lipinski definition) is 5. The van der Waals surface area contributed by atoms with Crippen molar-refractivity contribution in [1.29, 1.82) is 0 Å². The highest BCUT2D eigenvalue weighted by Crippen LogP contribution is 2.24. The molecule has 0 fully saturated rings. The lowest BCUT2D eigenvalue weighted by atomic mass is 10.2. The molecule has 0 aliphatic heterocycles. The Morgan fingerprint density at radius 2 is 1.63 bits per heavy atom. The molecule has 7 nitrogen and oxygen atoms in total. The van der Waals surface area contributed by atoms with Crippen molar-refractivity contribution in [2.45, 2.75) is 30.2 Å². The van der Waals surface area contributed by atoms with Gasteiger partial charge in [-0.25, -0.2) is 16.8 Å². The lowest BCUT2D eigenvalue weighted by Crippen LogP contribution is -2.27. The van der Waals surface area contributed by atoms with Crippen LogP contribution in [0.15, 0.2) is 58.3 Å². The van der Waals surface area contributed by atoms with E-state index in [0.717, 1.165) is 11.8 Å². The summed E-state index contributed by atoms with van der Waals surface area (Å²) >= 11 is 0. The highest BCUT2D eigenvalue weighted by molar-refractivity contribution is 7.95. The Balaban J connectivity index is 2.35. The number of benzene rings is 2. The van der Waals surface area contributed by atoms with E-state index in [1.54, 1.807) is 29.2 Å². The molecule has 1 amide bonds. The highest BCUT2D eigenvalue weighted by atomic mass is 32.2. The predicted molar refractivity (Wildman–Crippen MR) is 104 cm³/mol. The monoisotopic (exact) mass is 410 g/mol. The van der Waals surface area contributed by atoms with E-state index in [4.69, 9.17) is 0 Å². The van der Waals surface area contributed by atoms with Crippen LogP contribution in [-0.2, 0) is 31.2 Å². The molecule has 0 aliphatic rings. The molecule has 0 aliphatic carbocycles. The van der Waals surface area contributed by atoms with Gasteiger partial charge in [0.05, 0.1) is 4.90 Å². The third-order valence-electron chi connectivity index (χ3n) is 3.92. The van der Waals surface area contributed by atoms with E-state index in [0.29, 0.717) is 13.1 Å². The Morgan fingerprint density at radius 1 is 1.00 bits per heavy atom. The number of anilines is 1. The average molecular weight is 411 g/mol. The highest BCUT2D eigenvalue weighted by Gasteiger charge is 2.23. The molecule has 0 aromatic heterocycles. The summed E-state index contributed by atoms with van der Waals surface area (Å²) in [5, 5.41) is 0. The van der Waals surface area contributed by atoms with Gasteiger partial charge in [0.15, 0.2) is 9.84 Å². The Bertz CT molecular complexity index is 1050. The Kier molecular flexibility index (Phi) is 6.27. The minimum Gasteiger partial charge on any atom is -0.339 e. The van der Waals surface area contributed by atoms with Crippen molar-refractivity contribution in [3.05, 3.63) is 54.1 Å². The molecule has 2 aromatic carbocycles. The van der Waals surface area contributed by atoms with Crippen molar-refractivity contribution < 1.29 is 21.6 Å². The van der Waals surface area contributed by atoms with E-state index in [1.165, 1.54) is 31.2 Å². The first-order chi connectivity index (χ1) is 12.5. The van der Waals surface area contributed by atoms with Crippen LogP contribution in [0.3, 0.4) is 0 Å². The van der Waals surface area contributed by atoms with Crippen molar-refractivity contribution in [2.75, 3.05) is 17.5 Å². The predicted octanol–water partition coefficient (Wildman–Crippen LogP) is 2.26. The van der Waals surface area contributed by atoms with Gasteiger partial charge < -0.3 is 4.90 Å². The molecule has 0 atom stereocenters. The molecule has 9 heteroatoms. The molecule has 0 heterocycles. The Hall–Kier alpha value is -2.39. The molecular formula is C18H22N2O5S2. The quantitative estimate of drug-likeness (QED) is 0.755. The SMILES string of the molecule is CCN(Cc1cccc(NS(=O)(=O)c2ccccc2S(C)(=O)=O)c1)C(C)=O. The zero-order chi connectivity index (χ0) is 20.2. The first kappa shape index (κ1) is 20.9. The van der Waals surface area contributed by atoms with Gasteiger partial charge in [0.2, 0.25) is 5.91 Å². The standard InChI is InChI=1S/C18H22N2O5S2/c1-4-20(14(2)21)13-15-8-7-9-16(12-15)19-27(24,25)18-11-6-5-10-17(18)26(3,22)23/h5-12,19H,4,13H2,1-3H3. The maximum absolute atomic E-state index is 12.7. The van der Waals surface area contributed by atoms with E-state index >= 15 is 0 Å². The van der Waals surface area contributed by atoms with Crippen molar-refractivity contribution >= 4 is 31.5 Å². The number of sulfonamides is 1. The zero-order valence-corrected chi connectivity index (χ0v) is 17.0. The Labute approximate surface area is 160 Å². The van der Waals surface area contributed by atoms with Crippen LogP contribution >= 0.6 is 0 Å². The number of nitrogens with zero attached hydrogens (tertiary/aromatic N) is 1.